The summed E-state index contributed by atoms with van der Waals surface area (Å²) in [4.78, 5) is 4.28. The maximum atomic E-state index is 13.5. The summed E-state index contributed by atoms with van der Waals surface area (Å²) in [6, 6.07) is 5.42. The number of methoxy groups -OCH3 is 1. The molecule has 6 nitrogen and oxygen atoms in total. The maximum absolute atomic E-state index is 13.5. The van der Waals surface area contributed by atoms with Gasteiger partial charge in [0, 0.05) is 17.1 Å². The Bertz CT molecular complexity index is 952. The first-order chi connectivity index (χ1) is 13.5. The molecule has 1 unspecified atom stereocenters. The van der Waals surface area contributed by atoms with E-state index in [4.69, 9.17) is 13.8 Å². The van der Waals surface area contributed by atoms with Crippen LogP contribution in [0.3, 0.4) is 0 Å². The molecule has 0 saturated carbocycles. The van der Waals surface area contributed by atoms with Gasteiger partial charge in [0.15, 0.2) is 11.5 Å². The summed E-state index contributed by atoms with van der Waals surface area (Å²) in [7, 11) is -2.13. The largest absolute Gasteiger partial charge is 0.504 e. The van der Waals surface area contributed by atoms with Crippen molar-refractivity contribution in [1.29, 1.82) is 0 Å². The molecule has 29 heavy (non-hydrogen) atoms. The first kappa shape index (κ1) is 23.0. The second-order valence-corrected chi connectivity index (χ2v) is 9.48. The number of nitrogens with zero attached hydrogens (tertiary/aromatic N) is 1. The fourth-order valence-electron chi connectivity index (χ4n) is 2.84. The van der Waals surface area contributed by atoms with Crippen molar-refractivity contribution in [2.45, 2.75) is 47.6 Å². The van der Waals surface area contributed by atoms with E-state index in [2.05, 4.69) is 11.6 Å². The summed E-state index contributed by atoms with van der Waals surface area (Å²) in [6.07, 6.45) is 1.29. The maximum Gasteiger partial charge on any atom is 0.407 e. The molecule has 0 fully saturated rings. The normalized spacial score (nSPS) is 13.4. The number of hydrogen-bond donors (Lipinski definition) is 1. The number of aryl methyl sites for hydroxylation is 1. The monoisotopic (exact) mass is 419 g/mol. The molecule has 0 spiro atoms. The zero-order valence-corrected chi connectivity index (χ0v) is 19.0. The van der Waals surface area contributed by atoms with Gasteiger partial charge in [0.1, 0.15) is 0 Å². The number of rotatable bonds is 8. The quantitative estimate of drug-likeness (QED) is 0.510. The van der Waals surface area contributed by atoms with Crippen molar-refractivity contribution >= 4 is 7.60 Å². The SMILES string of the molecule is C=C(C(C)C)P(=O)(Oc1nccc(-c2cc(C)c(O)c(OC)c2)c1C)OC(C)C. The molecule has 2 aromatic rings. The highest BCUT2D eigenvalue weighted by atomic mass is 31.2. The van der Waals surface area contributed by atoms with Crippen molar-refractivity contribution in [3.63, 3.8) is 0 Å². The predicted octanol–water partition coefficient (Wildman–Crippen LogP) is 6.25. The Morgan fingerprint density at radius 2 is 1.86 bits per heavy atom. The lowest BCUT2D eigenvalue weighted by atomic mass is 9.99. The number of benzene rings is 1. The van der Waals surface area contributed by atoms with Crippen LogP contribution in [-0.4, -0.2) is 23.3 Å². The van der Waals surface area contributed by atoms with E-state index in [1.165, 1.54) is 7.11 Å². The fourth-order valence-corrected chi connectivity index (χ4v) is 4.73. The highest BCUT2D eigenvalue weighted by Crippen LogP contribution is 2.58. The van der Waals surface area contributed by atoms with E-state index in [0.29, 0.717) is 22.2 Å². The predicted molar refractivity (Wildman–Crippen MR) is 116 cm³/mol. The standard InChI is InChI=1S/C22H30NO5P/c1-13(2)17(7)29(25,27-14(3)4)28-22-16(6)19(9-10-23-22)18-11-15(5)21(24)20(12-18)26-8/h9-14,24H,7H2,1-6,8H3. The Morgan fingerprint density at radius 3 is 2.41 bits per heavy atom. The minimum absolute atomic E-state index is 0.0768. The van der Waals surface area contributed by atoms with Crippen LogP contribution in [-0.2, 0) is 9.09 Å². The lowest BCUT2D eigenvalue weighted by Crippen LogP contribution is -2.10. The van der Waals surface area contributed by atoms with Crippen LogP contribution in [0, 0.1) is 19.8 Å². The lowest BCUT2D eigenvalue weighted by molar-refractivity contribution is 0.210. The van der Waals surface area contributed by atoms with Crippen LogP contribution in [0.4, 0.5) is 0 Å². The third kappa shape index (κ3) is 5.01. The van der Waals surface area contributed by atoms with Crippen molar-refractivity contribution in [3.05, 3.63) is 47.4 Å². The van der Waals surface area contributed by atoms with Gasteiger partial charge in [-0.25, -0.2) is 9.55 Å². The van der Waals surface area contributed by atoms with Gasteiger partial charge < -0.3 is 14.4 Å². The highest BCUT2D eigenvalue weighted by Gasteiger charge is 2.34. The first-order valence-electron chi connectivity index (χ1n) is 9.51. The van der Waals surface area contributed by atoms with Crippen LogP contribution >= 0.6 is 7.60 Å². The van der Waals surface area contributed by atoms with E-state index in [9.17, 15) is 9.67 Å². The smallest absolute Gasteiger partial charge is 0.407 e. The average Bonchev–Trinajstić information content (AvgIpc) is 2.64. The summed E-state index contributed by atoms with van der Waals surface area (Å²) < 4.78 is 30.3. The Morgan fingerprint density at radius 1 is 1.21 bits per heavy atom. The van der Waals surface area contributed by atoms with E-state index in [-0.39, 0.29) is 23.7 Å². The van der Waals surface area contributed by atoms with Crippen LogP contribution in [0.2, 0.25) is 0 Å². The molecule has 0 aliphatic carbocycles. The number of ether oxygens (including phenoxy) is 1. The molecule has 0 bridgehead atoms. The Labute approximate surface area is 173 Å². The van der Waals surface area contributed by atoms with Gasteiger partial charge in [-0.1, -0.05) is 20.4 Å². The number of hydrogen-bond acceptors (Lipinski definition) is 6. The number of allylic oxidation sites excluding steroid dienone is 1. The van der Waals surface area contributed by atoms with Crippen molar-refractivity contribution in [2.24, 2.45) is 5.92 Å². The number of phenols is 1. The molecule has 7 heteroatoms. The molecule has 0 amide bonds. The van der Waals surface area contributed by atoms with E-state index < -0.39 is 7.60 Å². The zero-order valence-electron chi connectivity index (χ0n) is 18.1. The summed E-state index contributed by atoms with van der Waals surface area (Å²) >= 11 is 0. The summed E-state index contributed by atoms with van der Waals surface area (Å²) in [5.41, 5.74) is 3.02. The first-order valence-corrected chi connectivity index (χ1v) is 11.0. The number of aromatic nitrogens is 1. The van der Waals surface area contributed by atoms with Gasteiger partial charge in [-0.2, -0.15) is 0 Å². The molecular weight excluding hydrogens is 389 g/mol. The summed E-state index contributed by atoms with van der Waals surface area (Å²) in [5.74, 6) is 0.619. The minimum Gasteiger partial charge on any atom is -0.504 e. The van der Waals surface area contributed by atoms with Crippen LogP contribution in [0.15, 0.2) is 36.3 Å². The molecule has 2 rings (SSSR count). The minimum atomic E-state index is -3.64. The van der Waals surface area contributed by atoms with Crippen molar-refractivity contribution in [1.82, 2.24) is 4.98 Å². The molecular formula is C22H30NO5P. The van der Waals surface area contributed by atoms with Crippen LogP contribution in [0.25, 0.3) is 11.1 Å². The van der Waals surface area contributed by atoms with Crippen molar-refractivity contribution < 1.29 is 23.5 Å². The van der Waals surface area contributed by atoms with E-state index in [1.807, 2.05) is 32.9 Å². The third-order valence-electron chi connectivity index (χ3n) is 4.53. The fraction of sp³-hybridized carbons (Fsp3) is 0.409. The van der Waals surface area contributed by atoms with Crippen molar-refractivity contribution in [3.8, 4) is 28.5 Å². The Hall–Kier alpha value is -2.30. The molecule has 0 aliphatic rings. The second-order valence-electron chi connectivity index (χ2n) is 7.52. The Kier molecular flexibility index (Phi) is 7.15. The zero-order chi connectivity index (χ0) is 21.9. The molecule has 1 heterocycles. The van der Waals surface area contributed by atoms with Crippen molar-refractivity contribution in [2.75, 3.05) is 7.11 Å². The average molecular weight is 419 g/mol. The van der Waals surface area contributed by atoms with Gasteiger partial charge >= 0.3 is 7.60 Å². The molecule has 1 atom stereocenters. The van der Waals surface area contributed by atoms with Gasteiger partial charge in [-0.05, 0) is 68.5 Å². The Balaban J connectivity index is 2.54. The summed E-state index contributed by atoms with van der Waals surface area (Å²) in [5, 5.41) is 10.5. The van der Waals surface area contributed by atoms with Gasteiger partial charge in [0.2, 0.25) is 5.88 Å². The third-order valence-corrected chi connectivity index (χ3v) is 6.86. The topological polar surface area (TPSA) is 77.9 Å². The highest BCUT2D eigenvalue weighted by molar-refractivity contribution is 7.58. The van der Waals surface area contributed by atoms with Gasteiger partial charge in [0.25, 0.3) is 0 Å². The lowest BCUT2D eigenvalue weighted by Gasteiger charge is -2.25. The molecule has 1 aromatic carbocycles. The molecule has 0 saturated heterocycles. The van der Waals surface area contributed by atoms with Crippen LogP contribution in [0.1, 0.15) is 38.8 Å². The number of phenolic OH excluding ortho intramolecular Hbond substituents is 1. The van der Waals surface area contributed by atoms with E-state index in [0.717, 1.165) is 11.1 Å². The number of aromatic hydroxyl groups is 1. The van der Waals surface area contributed by atoms with Gasteiger partial charge in [0.05, 0.1) is 13.2 Å². The summed E-state index contributed by atoms with van der Waals surface area (Å²) in [6.45, 7) is 15.0. The molecule has 0 aliphatic heterocycles. The van der Waals surface area contributed by atoms with Crippen LogP contribution in [0.5, 0.6) is 17.4 Å². The van der Waals surface area contributed by atoms with Gasteiger partial charge in [-0.15, -0.1) is 0 Å². The van der Waals surface area contributed by atoms with Gasteiger partial charge in [-0.3, -0.25) is 4.52 Å². The molecule has 158 valence electrons. The van der Waals surface area contributed by atoms with Crippen LogP contribution < -0.4 is 9.26 Å². The second kappa shape index (κ2) is 9.02. The molecule has 1 N–H and O–H groups in total. The molecule has 0 radical (unpaired) electrons. The number of pyridine rings is 1. The van der Waals surface area contributed by atoms with E-state index in [1.54, 1.807) is 33.0 Å². The molecule has 1 aromatic heterocycles. The van der Waals surface area contributed by atoms with E-state index >= 15 is 0 Å².